The second-order valence-electron chi connectivity index (χ2n) is 4.91. The van der Waals surface area contributed by atoms with Crippen LogP contribution in [-0.4, -0.2) is 35.3 Å². The molecule has 0 heterocycles. The third-order valence-electron chi connectivity index (χ3n) is 3.17. The number of carbonyl (C=O) groups excluding carboxylic acids is 1. The van der Waals surface area contributed by atoms with Gasteiger partial charge in [0.25, 0.3) is 5.91 Å². The van der Waals surface area contributed by atoms with E-state index in [2.05, 4.69) is 10.2 Å². The number of anilines is 2. The number of hydroxylamine groups is 1. The van der Waals surface area contributed by atoms with Crippen molar-refractivity contribution in [2.75, 3.05) is 18.5 Å². The van der Waals surface area contributed by atoms with Gasteiger partial charge in [0.2, 0.25) is 0 Å². The zero-order chi connectivity index (χ0) is 19.3. The third-order valence-corrected chi connectivity index (χ3v) is 3.17. The van der Waals surface area contributed by atoms with Crippen molar-refractivity contribution >= 4 is 23.3 Å². The van der Waals surface area contributed by atoms with E-state index in [1.165, 1.54) is 0 Å². The topological polar surface area (TPSA) is 108 Å². The fourth-order valence-electron chi connectivity index (χ4n) is 1.96. The Morgan fingerprint density at radius 2 is 1.81 bits per heavy atom. The number of carboxylic acid groups (broad SMARTS) is 1. The first kappa shape index (κ1) is 19.2. The summed E-state index contributed by atoms with van der Waals surface area (Å²) in [5.41, 5.74) is 0.128. The average Bonchev–Trinajstić information content (AvgIpc) is 2.60. The summed E-state index contributed by atoms with van der Waals surface area (Å²) >= 11 is 0. The van der Waals surface area contributed by atoms with E-state index in [0.717, 1.165) is 18.2 Å². The van der Waals surface area contributed by atoms with Crippen molar-refractivity contribution in [1.82, 2.24) is 5.48 Å². The maximum atomic E-state index is 14.1. The number of rotatable bonds is 7. The van der Waals surface area contributed by atoms with E-state index in [9.17, 15) is 22.8 Å². The number of benzene rings is 2. The molecule has 10 heteroatoms. The molecule has 0 aromatic heterocycles. The van der Waals surface area contributed by atoms with Crippen LogP contribution in [0.3, 0.4) is 0 Å². The zero-order valence-electron chi connectivity index (χ0n) is 13.1. The first-order valence-corrected chi connectivity index (χ1v) is 7.16. The van der Waals surface area contributed by atoms with Gasteiger partial charge < -0.3 is 15.5 Å². The molecule has 2 rings (SSSR count). The Balaban J connectivity index is 2.37. The molecule has 7 nitrogen and oxygen atoms in total. The summed E-state index contributed by atoms with van der Waals surface area (Å²) in [5.74, 6) is -6.11. The summed E-state index contributed by atoms with van der Waals surface area (Å²) in [7, 11) is 0. The largest absolute Gasteiger partial charge is 0.478 e. The first-order valence-electron chi connectivity index (χ1n) is 7.16. The van der Waals surface area contributed by atoms with Crippen molar-refractivity contribution in [3.8, 4) is 0 Å². The summed E-state index contributed by atoms with van der Waals surface area (Å²) in [6.45, 7) is -0.617. The van der Waals surface area contributed by atoms with Gasteiger partial charge in [-0.1, -0.05) is 0 Å². The number of aliphatic hydroxyl groups is 1. The van der Waals surface area contributed by atoms with Crippen LogP contribution in [-0.2, 0) is 4.84 Å². The first-order chi connectivity index (χ1) is 12.3. The smallest absolute Gasteiger partial charge is 0.335 e. The minimum Gasteiger partial charge on any atom is -0.478 e. The molecule has 0 fully saturated rings. The van der Waals surface area contributed by atoms with Gasteiger partial charge in [-0.3, -0.25) is 9.63 Å². The van der Waals surface area contributed by atoms with Crippen LogP contribution >= 0.6 is 0 Å². The van der Waals surface area contributed by atoms with Gasteiger partial charge >= 0.3 is 5.97 Å². The summed E-state index contributed by atoms with van der Waals surface area (Å²) in [4.78, 5) is 27.4. The lowest BCUT2D eigenvalue weighted by Gasteiger charge is -2.14. The highest BCUT2D eigenvalue weighted by Gasteiger charge is 2.20. The van der Waals surface area contributed by atoms with Gasteiger partial charge in [-0.25, -0.2) is 23.4 Å². The van der Waals surface area contributed by atoms with Crippen molar-refractivity contribution < 1.29 is 37.8 Å². The molecule has 2 aromatic carbocycles. The van der Waals surface area contributed by atoms with Gasteiger partial charge in [0.05, 0.1) is 35.7 Å². The Bertz CT molecular complexity index is 845. The molecule has 0 unspecified atom stereocenters. The van der Waals surface area contributed by atoms with Crippen LogP contribution < -0.4 is 10.8 Å². The summed E-state index contributed by atoms with van der Waals surface area (Å²) in [5, 5.41) is 19.6. The maximum Gasteiger partial charge on any atom is 0.335 e. The average molecular weight is 370 g/mol. The molecule has 0 aliphatic carbocycles. The van der Waals surface area contributed by atoms with Crippen molar-refractivity contribution in [1.29, 1.82) is 0 Å². The molecule has 0 aliphatic heterocycles. The number of carboxylic acids is 1. The molecule has 0 radical (unpaired) electrons. The molecule has 1 amide bonds. The van der Waals surface area contributed by atoms with Gasteiger partial charge in [0.15, 0.2) is 11.6 Å². The Hall–Kier alpha value is -3.11. The molecule has 26 heavy (non-hydrogen) atoms. The number of aromatic carboxylic acids is 1. The molecule has 0 bridgehead atoms. The number of aliphatic hydroxyl groups excluding tert-OH is 1. The highest BCUT2D eigenvalue weighted by Crippen LogP contribution is 2.28. The summed E-state index contributed by atoms with van der Waals surface area (Å²) < 4.78 is 41.7. The zero-order valence-corrected chi connectivity index (χ0v) is 13.1. The normalized spacial score (nSPS) is 10.5. The van der Waals surface area contributed by atoms with Crippen LogP contribution in [0.1, 0.15) is 20.7 Å². The number of nitrogens with one attached hydrogen (secondary N) is 2. The van der Waals surface area contributed by atoms with Crippen LogP contribution in [0.25, 0.3) is 0 Å². The van der Waals surface area contributed by atoms with E-state index in [1.54, 1.807) is 0 Å². The van der Waals surface area contributed by atoms with Gasteiger partial charge in [-0.2, -0.15) is 0 Å². The highest BCUT2D eigenvalue weighted by molar-refractivity contribution is 6.00. The molecular formula is C16H13F3N2O5. The fourth-order valence-corrected chi connectivity index (χ4v) is 1.96. The molecule has 0 atom stereocenters. The third kappa shape index (κ3) is 4.29. The van der Waals surface area contributed by atoms with Gasteiger partial charge in [-0.15, -0.1) is 0 Å². The number of hydrogen-bond donors (Lipinski definition) is 4. The van der Waals surface area contributed by atoms with Gasteiger partial charge in [0, 0.05) is 0 Å². The van der Waals surface area contributed by atoms with Crippen LogP contribution in [0.5, 0.6) is 0 Å². The van der Waals surface area contributed by atoms with E-state index < -0.39 is 40.6 Å². The van der Waals surface area contributed by atoms with Crippen LogP contribution in [0.4, 0.5) is 24.5 Å². The van der Waals surface area contributed by atoms with Crippen molar-refractivity contribution in [2.24, 2.45) is 0 Å². The lowest BCUT2D eigenvalue weighted by Crippen LogP contribution is -2.26. The molecule has 2 aromatic rings. The predicted octanol–water partition coefficient (Wildman–Crippen LogP) is 2.20. The van der Waals surface area contributed by atoms with Crippen molar-refractivity contribution in [3.05, 3.63) is 58.9 Å². The van der Waals surface area contributed by atoms with E-state index >= 15 is 0 Å². The van der Waals surface area contributed by atoms with E-state index in [-0.39, 0.29) is 24.5 Å². The minimum atomic E-state index is -1.44. The van der Waals surface area contributed by atoms with Crippen molar-refractivity contribution in [3.63, 3.8) is 0 Å². The highest BCUT2D eigenvalue weighted by atomic mass is 19.2. The molecular weight excluding hydrogens is 357 g/mol. The Kier molecular flexibility index (Phi) is 6.15. The Morgan fingerprint density at radius 3 is 2.42 bits per heavy atom. The standard InChI is InChI=1S/C16H13F3N2O5/c17-10-3-2-9(15(23)21-26-6-5-22)14(13(10)19)20-12-4-1-8(16(24)25)7-11(12)18/h1-4,7,20,22H,5-6H2,(H,21,23)(H,24,25). The predicted molar refractivity (Wildman–Crippen MR) is 83.5 cm³/mol. The number of carbonyl (C=O) groups is 2. The van der Waals surface area contributed by atoms with Gasteiger partial charge in [0.1, 0.15) is 5.82 Å². The fraction of sp³-hybridized carbons (Fsp3) is 0.125. The lowest BCUT2D eigenvalue weighted by atomic mass is 10.1. The van der Waals surface area contributed by atoms with E-state index in [1.807, 2.05) is 5.48 Å². The molecule has 0 saturated heterocycles. The Morgan fingerprint density at radius 1 is 1.08 bits per heavy atom. The van der Waals surface area contributed by atoms with Crippen LogP contribution in [0.2, 0.25) is 0 Å². The monoisotopic (exact) mass is 370 g/mol. The second kappa shape index (κ2) is 8.32. The number of amides is 1. The second-order valence-corrected chi connectivity index (χ2v) is 4.91. The SMILES string of the molecule is O=C(O)c1ccc(Nc2c(C(=O)NOCCO)ccc(F)c2F)c(F)c1. The maximum absolute atomic E-state index is 14.1. The molecule has 0 spiro atoms. The quantitative estimate of drug-likeness (QED) is 0.440. The molecule has 0 saturated carbocycles. The molecule has 138 valence electrons. The van der Waals surface area contributed by atoms with Crippen LogP contribution in [0.15, 0.2) is 30.3 Å². The lowest BCUT2D eigenvalue weighted by molar-refractivity contribution is 0.0168. The minimum absolute atomic E-state index is 0.233. The Labute approximate surface area is 145 Å². The summed E-state index contributed by atoms with van der Waals surface area (Å²) in [6, 6.07) is 4.39. The number of halogens is 3. The summed E-state index contributed by atoms with van der Waals surface area (Å²) in [6.07, 6.45) is 0. The van der Waals surface area contributed by atoms with E-state index in [4.69, 9.17) is 10.2 Å². The molecule has 0 aliphatic rings. The molecule has 4 N–H and O–H groups in total. The van der Waals surface area contributed by atoms with Crippen molar-refractivity contribution in [2.45, 2.75) is 0 Å². The van der Waals surface area contributed by atoms with E-state index in [0.29, 0.717) is 12.1 Å². The van der Waals surface area contributed by atoms with Gasteiger partial charge in [-0.05, 0) is 30.3 Å². The number of hydrogen-bond acceptors (Lipinski definition) is 5. The van der Waals surface area contributed by atoms with Crippen LogP contribution in [0, 0.1) is 17.5 Å².